The second-order valence-corrected chi connectivity index (χ2v) is 4.97. The summed E-state index contributed by atoms with van der Waals surface area (Å²) in [6.07, 6.45) is -0.106. The summed E-state index contributed by atoms with van der Waals surface area (Å²) in [5, 5.41) is 12.6. The largest absolute Gasteiger partial charge is 0.399 e. The van der Waals surface area contributed by atoms with Crippen LogP contribution in [0.3, 0.4) is 0 Å². The van der Waals surface area contributed by atoms with Crippen molar-refractivity contribution in [1.29, 1.82) is 0 Å². The molecule has 1 aromatic carbocycles. The van der Waals surface area contributed by atoms with Gasteiger partial charge in [-0.2, -0.15) is 0 Å². The van der Waals surface area contributed by atoms with E-state index < -0.39 is 12.3 Å². The summed E-state index contributed by atoms with van der Waals surface area (Å²) in [5.41, 5.74) is 8.00. The van der Waals surface area contributed by atoms with Crippen LogP contribution < -0.4 is 11.1 Å². The number of benzene rings is 1. The molecule has 6 heteroatoms. The summed E-state index contributed by atoms with van der Waals surface area (Å²) in [5.74, 6) is -0.590. The Kier molecular flexibility index (Phi) is 2.76. The molecule has 1 fully saturated rings. The number of carbonyl (C=O) groups excluding carboxylic acids is 2. The minimum atomic E-state index is -0.845. The maximum Gasteiger partial charge on any atom is 0.244 e. The number of aliphatic hydroxyl groups is 1. The third-order valence-electron chi connectivity index (χ3n) is 3.73. The highest BCUT2D eigenvalue weighted by Gasteiger charge is 2.39. The molecule has 2 unspecified atom stereocenters. The Balaban J connectivity index is 1.85. The van der Waals surface area contributed by atoms with Gasteiger partial charge in [0.15, 0.2) is 0 Å². The molecule has 0 aliphatic carbocycles. The van der Waals surface area contributed by atoms with Crippen molar-refractivity contribution in [2.75, 3.05) is 5.73 Å². The molecule has 2 atom stereocenters. The van der Waals surface area contributed by atoms with E-state index in [0.717, 1.165) is 11.1 Å². The van der Waals surface area contributed by atoms with Gasteiger partial charge in [0.25, 0.3) is 0 Å². The number of rotatable bonds is 1. The number of nitrogens with zero attached hydrogens (tertiary/aromatic N) is 1. The molecule has 0 saturated carbocycles. The molecule has 6 nitrogen and oxygen atoms in total. The molecule has 100 valence electrons. The van der Waals surface area contributed by atoms with Crippen LogP contribution in [0.25, 0.3) is 0 Å². The molecule has 4 N–H and O–H groups in total. The number of fused-ring (bicyclic) bond motifs is 1. The van der Waals surface area contributed by atoms with Crippen LogP contribution >= 0.6 is 0 Å². The molecular formula is C13H15N3O3. The molecule has 2 amide bonds. The zero-order valence-corrected chi connectivity index (χ0v) is 10.3. The average molecular weight is 261 g/mol. The molecule has 0 aromatic heterocycles. The van der Waals surface area contributed by atoms with Crippen molar-refractivity contribution in [2.45, 2.75) is 31.7 Å². The molecule has 1 saturated heterocycles. The van der Waals surface area contributed by atoms with Gasteiger partial charge in [0.2, 0.25) is 11.8 Å². The summed E-state index contributed by atoms with van der Waals surface area (Å²) in [6.45, 7) is 0.489. The summed E-state index contributed by atoms with van der Waals surface area (Å²) < 4.78 is 0. The predicted molar refractivity (Wildman–Crippen MR) is 67.5 cm³/mol. The molecule has 19 heavy (non-hydrogen) atoms. The normalized spacial score (nSPS) is 27.2. The van der Waals surface area contributed by atoms with Gasteiger partial charge in [0.1, 0.15) is 6.23 Å². The van der Waals surface area contributed by atoms with E-state index in [2.05, 4.69) is 5.32 Å². The van der Waals surface area contributed by atoms with Crippen molar-refractivity contribution < 1.29 is 14.7 Å². The number of hydrogen-bond donors (Lipinski definition) is 3. The number of anilines is 1. The fourth-order valence-corrected chi connectivity index (χ4v) is 2.74. The van der Waals surface area contributed by atoms with Crippen molar-refractivity contribution in [1.82, 2.24) is 10.2 Å². The number of nitrogen functional groups attached to an aromatic ring is 1. The lowest BCUT2D eigenvalue weighted by Gasteiger charge is -2.31. The number of nitrogens with one attached hydrogen (secondary N) is 1. The first-order valence-electron chi connectivity index (χ1n) is 6.22. The zero-order valence-electron chi connectivity index (χ0n) is 10.3. The first-order valence-corrected chi connectivity index (χ1v) is 6.22. The number of imide groups is 1. The minimum Gasteiger partial charge on any atom is -0.399 e. The summed E-state index contributed by atoms with van der Waals surface area (Å²) in [7, 11) is 0. The molecule has 0 bridgehead atoms. The van der Waals surface area contributed by atoms with Gasteiger partial charge >= 0.3 is 0 Å². The van der Waals surface area contributed by atoms with E-state index >= 15 is 0 Å². The summed E-state index contributed by atoms with van der Waals surface area (Å²) >= 11 is 0. The van der Waals surface area contributed by atoms with Gasteiger partial charge < -0.3 is 10.8 Å². The Morgan fingerprint density at radius 2 is 2.16 bits per heavy atom. The van der Waals surface area contributed by atoms with E-state index in [-0.39, 0.29) is 11.8 Å². The van der Waals surface area contributed by atoms with Crippen LogP contribution in [0.1, 0.15) is 30.2 Å². The maximum absolute atomic E-state index is 11.8. The first-order chi connectivity index (χ1) is 9.06. The van der Waals surface area contributed by atoms with Crippen molar-refractivity contribution in [3.63, 3.8) is 0 Å². The van der Waals surface area contributed by atoms with Gasteiger partial charge in [-0.15, -0.1) is 0 Å². The van der Waals surface area contributed by atoms with Crippen LogP contribution in [-0.2, 0) is 16.1 Å². The van der Waals surface area contributed by atoms with Crippen LogP contribution in [0.2, 0.25) is 0 Å². The standard InChI is InChI=1S/C13H15N3O3/c14-8-2-1-7-6-16(13(19)9(7)5-8)10-3-4-11(17)15-12(10)18/h1-2,5,10,13,19H,3-4,6,14H2,(H,15,17,18). The SMILES string of the molecule is Nc1ccc2c(c1)C(O)N(C1CCC(=O)NC1=O)C2. The van der Waals surface area contributed by atoms with Crippen molar-refractivity contribution in [3.05, 3.63) is 29.3 Å². The van der Waals surface area contributed by atoms with Gasteiger partial charge in [0, 0.05) is 24.2 Å². The molecule has 1 aromatic rings. The van der Waals surface area contributed by atoms with Crippen LogP contribution in [0.4, 0.5) is 5.69 Å². The smallest absolute Gasteiger partial charge is 0.244 e. The van der Waals surface area contributed by atoms with E-state index in [1.165, 1.54) is 0 Å². The molecule has 2 heterocycles. The molecular weight excluding hydrogens is 246 g/mol. The Labute approximate surface area is 110 Å². The van der Waals surface area contributed by atoms with Crippen molar-refractivity contribution in [2.24, 2.45) is 0 Å². The van der Waals surface area contributed by atoms with Gasteiger partial charge in [-0.3, -0.25) is 19.8 Å². The van der Waals surface area contributed by atoms with Crippen molar-refractivity contribution >= 4 is 17.5 Å². The molecule has 0 spiro atoms. The van der Waals surface area contributed by atoms with E-state index in [1.807, 2.05) is 6.07 Å². The average Bonchev–Trinajstić information content (AvgIpc) is 2.67. The fourth-order valence-electron chi connectivity index (χ4n) is 2.74. The zero-order chi connectivity index (χ0) is 13.6. The molecule has 0 radical (unpaired) electrons. The van der Waals surface area contributed by atoms with Gasteiger partial charge in [0.05, 0.1) is 6.04 Å². The highest BCUT2D eigenvalue weighted by atomic mass is 16.3. The lowest BCUT2D eigenvalue weighted by atomic mass is 10.0. The Morgan fingerprint density at radius 3 is 2.89 bits per heavy atom. The topological polar surface area (TPSA) is 95.7 Å². The molecule has 2 aliphatic heterocycles. The summed E-state index contributed by atoms with van der Waals surface area (Å²) in [6, 6.07) is 4.90. The second kappa shape index (κ2) is 4.32. The Bertz CT molecular complexity index is 558. The van der Waals surface area contributed by atoms with Crippen LogP contribution in [0.5, 0.6) is 0 Å². The molecule has 2 aliphatic rings. The number of piperidine rings is 1. The Hall–Kier alpha value is -1.92. The highest BCUT2D eigenvalue weighted by molar-refractivity contribution is 6.00. The van der Waals surface area contributed by atoms with Gasteiger partial charge in [-0.1, -0.05) is 6.07 Å². The van der Waals surface area contributed by atoms with Gasteiger partial charge in [-0.05, 0) is 24.1 Å². The van der Waals surface area contributed by atoms with E-state index in [1.54, 1.807) is 17.0 Å². The summed E-state index contributed by atoms with van der Waals surface area (Å²) in [4.78, 5) is 24.7. The van der Waals surface area contributed by atoms with E-state index in [9.17, 15) is 14.7 Å². The maximum atomic E-state index is 11.8. The third kappa shape index (κ3) is 1.98. The van der Waals surface area contributed by atoms with Gasteiger partial charge in [-0.25, -0.2) is 0 Å². The van der Waals surface area contributed by atoms with Crippen LogP contribution in [-0.4, -0.2) is 27.9 Å². The number of amides is 2. The van der Waals surface area contributed by atoms with E-state index in [0.29, 0.717) is 25.1 Å². The van der Waals surface area contributed by atoms with E-state index in [4.69, 9.17) is 5.73 Å². The fraction of sp³-hybridized carbons (Fsp3) is 0.385. The molecule has 3 rings (SSSR count). The van der Waals surface area contributed by atoms with Crippen molar-refractivity contribution in [3.8, 4) is 0 Å². The first kappa shape index (κ1) is 12.1. The number of nitrogens with two attached hydrogens (primary N) is 1. The second-order valence-electron chi connectivity index (χ2n) is 4.97. The minimum absolute atomic E-state index is 0.253. The van der Waals surface area contributed by atoms with Crippen LogP contribution in [0, 0.1) is 0 Å². The highest BCUT2D eigenvalue weighted by Crippen LogP contribution is 2.35. The number of carbonyl (C=O) groups is 2. The Morgan fingerprint density at radius 1 is 1.37 bits per heavy atom. The monoisotopic (exact) mass is 261 g/mol. The predicted octanol–water partition coefficient (Wildman–Crippen LogP) is -0.120. The van der Waals surface area contributed by atoms with Crippen LogP contribution in [0.15, 0.2) is 18.2 Å². The lowest BCUT2D eigenvalue weighted by Crippen LogP contribution is -2.51. The third-order valence-corrected chi connectivity index (χ3v) is 3.73. The lowest BCUT2D eigenvalue weighted by molar-refractivity contribution is -0.141. The quantitative estimate of drug-likeness (QED) is 0.484. The number of hydrogen-bond acceptors (Lipinski definition) is 5. The number of aliphatic hydroxyl groups excluding tert-OH is 1.